The molecule has 21 heavy (non-hydrogen) atoms. The van der Waals surface area contributed by atoms with Crippen molar-refractivity contribution in [2.45, 2.75) is 45.2 Å². The third-order valence-electron chi connectivity index (χ3n) is 4.41. The van der Waals surface area contributed by atoms with E-state index in [-0.39, 0.29) is 6.04 Å². The molecule has 1 aliphatic rings. The van der Waals surface area contributed by atoms with Crippen molar-refractivity contribution in [1.29, 1.82) is 0 Å². The van der Waals surface area contributed by atoms with Crippen LogP contribution in [0.15, 0.2) is 18.2 Å². The number of nitrogens with two attached hydrogens (primary N) is 1. The van der Waals surface area contributed by atoms with Gasteiger partial charge in [0.15, 0.2) is 0 Å². The van der Waals surface area contributed by atoms with Crippen molar-refractivity contribution in [3.63, 3.8) is 0 Å². The van der Waals surface area contributed by atoms with Crippen molar-refractivity contribution in [3.05, 3.63) is 28.8 Å². The molecule has 118 valence electrons. The molecule has 2 atom stereocenters. The van der Waals surface area contributed by atoms with Gasteiger partial charge in [-0.05, 0) is 57.0 Å². The molecule has 1 heterocycles. The number of benzene rings is 1. The Kier molecular flexibility index (Phi) is 5.91. The zero-order valence-electron chi connectivity index (χ0n) is 13.5. The average molecular weight is 310 g/mol. The molecular weight excluding hydrogens is 282 g/mol. The van der Waals surface area contributed by atoms with E-state index in [0.717, 1.165) is 30.1 Å². The normalized spacial score (nSPS) is 20.7. The Hall–Kier alpha value is -0.770. The fourth-order valence-electron chi connectivity index (χ4n) is 3.23. The molecule has 0 saturated carbocycles. The maximum Gasteiger partial charge on any atom is 0.0459 e. The first kappa shape index (κ1) is 16.6. The van der Waals surface area contributed by atoms with Gasteiger partial charge in [-0.2, -0.15) is 0 Å². The monoisotopic (exact) mass is 309 g/mol. The Morgan fingerprint density at radius 2 is 2.24 bits per heavy atom. The summed E-state index contributed by atoms with van der Waals surface area (Å²) in [5, 5.41) is 0.829. The van der Waals surface area contributed by atoms with Crippen molar-refractivity contribution in [2.24, 2.45) is 5.73 Å². The summed E-state index contributed by atoms with van der Waals surface area (Å²) in [5.41, 5.74) is 8.19. The maximum atomic E-state index is 6.40. The van der Waals surface area contributed by atoms with Gasteiger partial charge in [-0.15, -0.1) is 0 Å². The molecule has 2 unspecified atom stereocenters. The zero-order valence-corrected chi connectivity index (χ0v) is 14.2. The number of rotatable bonds is 6. The number of likely N-dealkylation sites (tertiary alicyclic amines) is 1. The number of likely N-dealkylation sites (N-methyl/N-ethyl adjacent to an activating group) is 2. The van der Waals surface area contributed by atoms with Crippen LogP contribution >= 0.6 is 11.6 Å². The Labute approximate surface area is 134 Å². The fraction of sp³-hybridized carbons (Fsp3) is 0.647. The fourth-order valence-corrected chi connectivity index (χ4v) is 3.48. The molecule has 0 aliphatic carbocycles. The largest absolute Gasteiger partial charge is 0.373 e. The van der Waals surface area contributed by atoms with Crippen LogP contribution in [0.2, 0.25) is 5.02 Å². The molecule has 3 nitrogen and oxygen atoms in total. The van der Waals surface area contributed by atoms with Crippen LogP contribution in [0.4, 0.5) is 5.69 Å². The second kappa shape index (κ2) is 7.48. The topological polar surface area (TPSA) is 32.5 Å². The van der Waals surface area contributed by atoms with Crippen molar-refractivity contribution >= 4 is 17.3 Å². The summed E-state index contributed by atoms with van der Waals surface area (Å²) in [6.07, 6.45) is 3.45. The van der Waals surface area contributed by atoms with Crippen molar-refractivity contribution in [1.82, 2.24) is 4.90 Å². The van der Waals surface area contributed by atoms with Gasteiger partial charge in [0.05, 0.1) is 0 Å². The Bertz CT molecular complexity index is 461. The van der Waals surface area contributed by atoms with Gasteiger partial charge in [0.2, 0.25) is 0 Å². The van der Waals surface area contributed by atoms with E-state index in [1.165, 1.54) is 25.1 Å². The highest BCUT2D eigenvalue weighted by molar-refractivity contribution is 6.31. The second-order valence-electron chi connectivity index (χ2n) is 6.26. The molecular formula is C17H28ClN3. The predicted octanol–water partition coefficient (Wildman–Crippen LogP) is 3.15. The average Bonchev–Trinajstić information content (AvgIpc) is 2.87. The minimum absolute atomic E-state index is 0.141. The number of hydrogen-bond donors (Lipinski definition) is 1. The van der Waals surface area contributed by atoms with Gasteiger partial charge in [0.1, 0.15) is 0 Å². The standard InChI is InChI=1S/C17H28ClN3/c1-4-21-9-5-6-16(21)12-20(3)15-8-7-14(10-13(2)19)17(18)11-15/h7-8,11,13,16H,4-6,9-10,12,19H2,1-3H3. The molecule has 0 bridgehead atoms. The first-order valence-electron chi connectivity index (χ1n) is 8.00. The first-order valence-corrected chi connectivity index (χ1v) is 8.38. The molecule has 0 amide bonds. The van der Waals surface area contributed by atoms with Crippen LogP contribution in [-0.2, 0) is 6.42 Å². The van der Waals surface area contributed by atoms with Crippen LogP contribution in [0.1, 0.15) is 32.3 Å². The van der Waals surface area contributed by atoms with Gasteiger partial charge in [-0.25, -0.2) is 0 Å². The first-order chi connectivity index (χ1) is 10.0. The van der Waals surface area contributed by atoms with Crippen molar-refractivity contribution in [3.8, 4) is 0 Å². The van der Waals surface area contributed by atoms with Crippen LogP contribution in [0, 0.1) is 0 Å². The smallest absolute Gasteiger partial charge is 0.0459 e. The summed E-state index contributed by atoms with van der Waals surface area (Å²) in [7, 11) is 2.16. The van der Waals surface area contributed by atoms with Crippen LogP contribution in [-0.4, -0.2) is 43.7 Å². The zero-order chi connectivity index (χ0) is 15.4. The van der Waals surface area contributed by atoms with E-state index in [1.54, 1.807) is 0 Å². The summed E-state index contributed by atoms with van der Waals surface area (Å²) in [4.78, 5) is 4.89. The molecule has 1 saturated heterocycles. The molecule has 1 fully saturated rings. The van der Waals surface area contributed by atoms with E-state index >= 15 is 0 Å². The van der Waals surface area contributed by atoms with E-state index in [9.17, 15) is 0 Å². The van der Waals surface area contributed by atoms with E-state index < -0.39 is 0 Å². The highest BCUT2D eigenvalue weighted by atomic mass is 35.5. The molecule has 2 N–H and O–H groups in total. The molecule has 0 aromatic heterocycles. The molecule has 0 spiro atoms. The Morgan fingerprint density at radius 3 is 2.86 bits per heavy atom. The number of halogens is 1. The predicted molar refractivity (Wildman–Crippen MR) is 92.3 cm³/mol. The number of anilines is 1. The summed E-state index contributed by atoms with van der Waals surface area (Å²) < 4.78 is 0. The molecule has 1 aromatic rings. The summed E-state index contributed by atoms with van der Waals surface area (Å²) in [6.45, 7) is 7.71. The summed E-state index contributed by atoms with van der Waals surface area (Å²) >= 11 is 6.40. The van der Waals surface area contributed by atoms with Gasteiger partial charge in [0, 0.05) is 36.4 Å². The van der Waals surface area contributed by atoms with Crippen molar-refractivity contribution in [2.75, 3.05) is 31.6 Å². The van der Waals surface area contributed by atoms with Crippen LogP contribution in [0.5, 0.6) is 0 Å². The maximum absolute atomic E-state index is 6.40. The summed E-state index contributed by atoms with van der Waals surface area (Å²) in [6, 6.07) is 7.16. The van der Waals surface area contributed by atoms with E-state index in [2.05, 4.69) is 42.0 Å². The van der Waals surface area contributed by atoms with Crippen LogP contribution in [0.25, 0.3) is 0 Å². The van der Waals surface area contributed by atoms with Crippen molar-refractivity contribution < 1.29 is 0 Å². The Morgan fingerprint density at radius 1 is 1.48 bits per heavy atom. The lowest BCUT2D eigenvalue weighted by atomic mass is 10.1. The third-order valence-corrected chi connectivity index (χ3v) is 4.76. The van der Waals surface area contributed by atoms with Gasteiger partial charge < -0.3 is 10.6 Å². The van der Waals surface area contributed by atoms with E-state index in [4.69, 9.17) is 17.3 Å². The van der Waals surface area contributed by atoms with Gasteiger partial charge in [-0.3, -0.25) is 4.90 Å². The highest BCUT2D eigenvalue weighted by Crippen LogP contribution is 2.26. The van der Waals surface area contributed by atoms with Crippen LogP contribution in [0.3, 0.4) is 0 Å². The number of hydrogen-bond acceptors (Lipinski definition) is 3. The molecule has 1 aromatic carbocycles. The molecule has 1 aliphatic heterocycles. The molecule has 4 heteroatoms. The minimum Gasteiger partial charge on any atom is -0.373 e. The highest BCUT2D eigenvalue weighted by Gasteiger charge is 2.24. The Balaban J connectivity index is 2.02. The quantitative estimate of drug-likeness (QED) is 0.876. The van der Waals surface area contributed by atoms with Gasteiger partial charge in [-0.1, -0.05) is 24.6 Å². The van der Waals surface area contributed by atoms with Crippen LogP contribution < -0.4 is 10.6 Å². The lowest BCUT2D eigenvalue weighted by Gasteiger charge is -2.29. The minimum atomic E-state index is 0.141. The summed E-state index contributed by atoms with van der Waals surface area (Å²) in [5.74, 6) is 0. The van der Waals surface area contributed by atoms with Gasteiger partial charge in [0.25, 0.3) is 0 Å². The number of nitrogens with zero attached hydrogens (tertiary/aromatic N) is 2. The van der Waals surface area contributed by atoms with E-state index in [0.29, 0.717) is 6.04 Å². The van der Waals surface area contributed by atoms with E-state index in [1.807, 2.05) is 6.92 Å². The molecule has 2 rings (SSSR count). The second-order valence-corrected chi connectivity index (χ2v) is 6.67. The molecule has 0 radical (unpaired) electrons. The SMILES string of the molecule is CCN1CCCC1CN(C)c1ccc(CC(C)N)c(Cl)c1. The van der Waals surface area contributed by atoms with Gasteiger partial charge >= 0.3 is 0 Å². The lowest BCUT2D eigenvalue weighted by molar-refractivity contribution is 0.270. The lowest BCUT2D eigenvalue weighted by Crippen LogP contribution is -2.38. The third kappa shape index (κ3) is 4.35.